The lowest BCUT2D eigenvalue weighted by Gasteiger charge is -2.38. The minimum Gasteiger partial charge on any atom is -0.0885 e. The Morgan fingerprint density at radius 3 is 0.970 bits per heavy atom. The highest BCUT2D eigenvalue weighted by molar-refractivity contribution is 5.15. The predicted molar refractivity (Wildman–Crippen MR) is 464 cm³/mol. The Balaban J connectivity index is 0. The summed E-state index contributed by atoms with van der Waals surface area (Å²) in [6, 6.07) is 0. The van der Waals surface area contributed by atoms with Crippen molar-refractivity contribution in [2.45, 2.75) is 410 Å². The van der Waals surface area contributed by atoms with Gasteiger partial charge < -0.3 is 0 Å². The summed E-state index contributed by atoms with van der Waals surface area (Å²) in [4.78, 5) is 0. The molecule has 0 aromatic rings. The maximum atomic E-state index is 2.55. The van der Waals surface area contributed by atoms with Crippen molar-refractivity contribution < 1.29 is 0 Å². The minimum absolute atomic E-state index is 0.774. The molecule has 0 heterocycles. The molecule has 0 amide bonds. The van der Waals surface area contributed by atoms with E-state index in [9.17, 15) is 0 Å². The van der Waals surface area contributed by atoms with E-state index in [0.29, 0.717) is 0 Å². The largest absolute Gasteiger partial charge is 0.0885 e. The van der Waals surface area contributed by atoms with Gasteiger partial charge in [0.15, 0.2) is 0 Å². The first-order valence-corrected chi connectivity index (χ1v) is 45.5. The number of hydrogen-bond donors (Lipinski definition) is 0. The Labute approximate surface area is 633 Å². The molecule has 4 aliphatic rings. The third-order valence-electron chi connectivity index (χ3n) is 23.9. The summed E-state index contributed by atoms with van der Waals surface area (Å²) in [7, 11) is 0. The fraction of sp³-hybridized carbons (Fsp3) is 0.800. The molecule has 0 saturated heterocycles. The number of unbranched alkanes of at least 4 members (excludes halogenated alkanes) is 5. The lowest BCUT2D eigenvalue weighted by molar-refractivity contribution is 0.207. The highest BCUT2D eigenvalue weighted by Crippen LogP contribution is 2.45. The maximum absolute atomic E-state index is 2.55. The van der Waals surface area contributed by atoms with Crippen molar-refractivity contribution >= 4 is 0 Å². The first-order chi connectivity index (χ1) is 48.7. The fourth-order valence-corrected chi connectivity index (χ4v) is 18.2. The number of hydrogen-bond acceptors (Lipinski definition) is 0. The third kappa shape index (κ3) is 40.2. The average Bonchev–Trinajstić information content (AvgIpc) is 0.848. The van der Waals surface area contributed by atoms with Crippen molar-refractivity contribution in [2.24, 2.45) is 107 Å². The fourth-order valence-electron chi connectivity index (χ4n) is 18.2. The third-order valence-corrected chi connectivity index (χ3v) is 23.9. The van der Waals surface area contributed by atoms with Crippen LogP contribution in [0.2, 0.25) is 0 Å². The lowest BCUT2D eigenvalue weighted by atomic mass is 9.67. The van der Waals surface area contributed by atoms with Gasteiger partial charge >= 0.3 is 0 Å². The van der Waals surface area contributed by atoms with Crippen molar-refractivity contribution in [3.8, 4) is 0 Å². The smallest absolute Gasteiger partial charge is 0.0137 e. The summed E-state index contributed by atoms with van der Waals surface area (Å²) in [6.45, 7) is 55.4. The summed E-state index contributed by atoms with van der Waals surface area (Å²) in [5.41, 5.74) is 3.45. The molecule has 0 aromatic carbocycles. The normalized spacial score (nSPS) is 27.2. The Morgan fingerprint density at radius 2 is 0.600 bits per heavy atom. The standard InChI is InChI=1S/4C18H32.2C14H28/c1-5-9-10-12-18-15(7-3)13-14-16(11-6-2)17(18)8-4;1-5-9-10-12-18-16(11-6-2)14-13-15(7-3)17(18)8-4;1-5-9-12-18-15(8-4)13-14-16(10-6-2)17(18)11-7-3;1-5-9-12-18-16(10-6-2)14-13-15(8-4)17(18)11-7-3;1-5-9-10-12-14(8-4)13(7-3)11-6-2;1-5-9-12-14(11-7-3)13(8-4)10-6-2/h2*10,12-18H,5-9,11H2,1-4H3;2*9,12-18H,5-8,10-11H2,1-4H3;2*12-13H,5-11H2,1-4H3/b2*12-10+;12-9+;12-9-;;. The molecule has 0 saturated carbocycles. The zero-order chi connectivity index (χ0) is 75.1. The Hall–Kier alpha value is -2.60. The zero-order valence-electron chi connectivity index (χ0n) is 72.7. The molecule has 0 heteroatoms. The summed E-state index contributed by atoms with van der Waals surface area (Å²) >= 11 is 0. The van der Waals surface area contributed by atoms with Crippen LogP contribution in [0.1, 0.15) is 410 Å². The van der Waals surface area contributed by atoms with Crippen LogP contribution in [0, 0.1) is 107 Å². The van der Waals surface area contributed by atoms with Gasteiger partial charge in [-0.3, -0.25) is 0 Å². The molecule has 0 fully saturated rings. The maximum Gasteiger partial charge on any atom is -0.0137 e. The first-order valence-electron chi connectivity index (χ1n) is 45.5. The molecule has 0 radical (unpaired) electrons. The summed E-state index contributed by atoms with van der Waals surface area (Å²) in [6.07, 6.45) is 94.7. The van der Waals surface area contributed by atoms with Crippen molar-refractivity contribution in [1.29, 1.82) is 0 Å². The minimum atomic E-state index is 0.774. The molecule has 0 spiro atoms. The van der Waals surface area contributed by atoms with Crippen molar-refractivity contribution in [3.05, 3.63) is 121 Å². The molecule has 18 unspecified atom stereocenters. The first kappa shape index (κ1) is 99.5. The van der Waals surface area contributed by atoms with Crippen LogP contribution in [0.3, 0.4) is 0 Å². The van der Waals surface area contributed by atoms with Gasteiger partial charge in [-0.05, 0) is 248 Å². The summed E-state index contributed by atoms with van der Waals surface area (Å²) < 4.78 is 0. The van der Waals surface area contributed by atoms with Crippen LogP contribution < -0.4 is 0 Å². The second-order valence-electron chi connectivity index (χ2n) is 31.5. The second-order valence-corrected chi connectivity index (χ2v) is 31.5. The molecule has 0 aromatic heterocycles. The van der Waals surface area contributed by atoms with Gasteiger partial charge in [0.2, 0.25) is 0 Å². The summed E-state index contributed by atoms with van der Waals surface area (Å²) in [5, 5.41) is 0. The summed E-state index contributed by atoms with van der Waals surface area (Å²) in [5.74, 6) is 14.8. The van der Waals surface area contributed by atoms with E-state index >= 15 is 0 Å². The zero-order valence-corrected chi connectivity index (χ0v) is 72.7. The van der Waals surface area contributed by atoms with Gasteiger partial charge in [-0.1, -0.05) is 389 Å². The Bertz CT molecular complexity index is 2090. The molecular weight excluding hydrogens is 1200 g/mol. The number of allylic oxidation sites excluding steroid dienone is 20. The van der Waals surface area contributed by atoms with Crippen molar-refractivity contribution in [2.75, 3.05) is 0 Å². The van der Waals surface area contributed by atoms with Gasteiger partial charge in [0.25, 0.3) is 0 Å². The Morgan fingerprint density at radius 1 is 0.270 bits per heavy atom. The molecule has 18 atom stereocenters. The van der Waals surface area contributed by atoms with Crippen LogP contribution >= 0.6 is 0 Å². The molecule has 0 aliphatic heterocycles. The van der Waals surface area contributed by atoms with Gasteiger partial charge in [0.1, 0.15) is 0 Å². The lowest BCUT2D eigenvalue weighted by Crippen LogP contribution is -2.30. The molecule has 0 bridgehead atoms. The van der Waals surface area contributed by atoms with Crippen LogP contribution in [-0.2, 0) is 0 Å². The van der Waals surface area contributed by atoms with E-state index in [-0.39, 0.29) is 0 Å². The van der Waals surface area contributed by atoms with Gasteiger partial charge in [0.05, 0.1) is 0 Å². The van der Waals surface area contributed by atoms with Crippen LogP contribution in [0.4, 0.5) is 0 Å². The van der Waals surface area contributed by atoms with E-state index in [1.165, 1.54) is 244 Å². The van der Waals surface area contributed by atoms with E-state index in [1.807, 2.05) is 0 Å². The second kappa shape index (κ2) is 68.2. The van der Waals surface area contributed by atoms with Crippen LogP contribution in [0.5, 0.6) is 0 Å². The molecule has 4 aliphatic carbocycles. The quantitative estimate of drug-likeness (QED) is 0.0421. The van der Waals surface area contributed by atoms with E-state index < -0.39 is 0 Å². The number of rotatable bonds is 44. The van der Waals surface area contributed by atoms with Crippen LogP contribution in [0.25, 0.3) is 0 Å². The molecule has 100 heavy (non-hydrogen) atoms. The molecular formula is C100H184. The SMILES string of the molecule is CC/C=C/C1C(CC)C=CC(CCC)C1CCC.CC/C=C\C1C(CCC)C=CC(CC)C1CCC.CCC/C=C/C1C(CC)C=CC(CCC)C1CC.CCC/C=C/C1C(CCC)C=CC(CC)C1CC.CCCC=C(CCC)C(CC)CCC.CCCCC=C(CC)C(CC)CCC. The average molecular weight is 1390 g/mol. The van der Waals surface area contributed by atoms with E-state index in [4.69, 9.17) is 0 Å². The predicted octanol–water partition coefficient (Wildman–Crippen LogP) is 34.7. The van der Waals surface area contributed by atoms with Gasteiger partial charge in [0, 0.05) is 0 Å². The highest BCUT2D eigenvalue weighted by atomic mass is 14.4. The van der Waals surface area contributed by atoms with Crippen molar-refractivity contribution in [1.82, 2.24) is 0 Å². The van der Waals surface area contributed by atoms with E-state index in [0.717, 1.165) is 107 Å². The van der Waals surface area contributed by atoms with Crippen LogP contribution in [0.15, 0.2) is 121 Å². The monoisotopic (exact) mass is 1390 g/mol. The molecule has 0 N–H and O–H groups in total. The van der Waals surface area contributed by atoms with Gasteiger partial charge in [-0.25, -0.2) is 0 Å². The van der Waals surface area contributed by atoms with E-state index in [2.05, 4.69) is 276 Å². The van der Waals surface area contributed by atoms with Gasteiger partial charge in [-0.15, -0.1) is 0 Å². The Kier molecular flexibility index (Phi) is 67.9. The molecule has 4 rings (SSSR count). The topological polar surface area (TPSA) is 0 Å². The highest BCUT2D eigenvalue weighted by Gasteiger charge is 2.36. The van der Waals surface area contributed by atoms with E-state index in [1.54, 1.807) is 11.1 Å². The molecule has 584 valence electrons. The van der Waals surface area contributed by atoms with Crippen molar-refractivity contribution in [3.63, 3.8) is 0 Å². The van der Waals surface area contributed by atoms with Crippen LogP contribution in [-0.4, -0.2) is 0 Å². The molecule has 0 nitrogen and oxygen atoms in total. The van der Waals surface area contributed by atoms with Gasteiger partial charge in [-0.2, -0.15) is 0 Å².